The molecular formula is C16H24N2O4. The molecule has 1 fully saturated rings. The zero-order valence-corrected chi connectivity index (χ0v) is 13.6. The summed E-state index contributed by atoms with van der Waals surface area (Å²) in [6.45, 7) is 4.47. The molecule has 0 radical (unpaired) electrons. The fourth-order valence-corrected chi connectivity index (χ4v) is 3.04. The third kappa shape index (κ3) is 3.34. The molecule has 1 aliphatic rings. The first-order valence-electron chi connectivity index (χ1n) is 7.37. The molecule has 22 heavy (non-hydrogen) atoms. The topological polar surface area (TPSA) is 62.2 Å². The Kier molecular flexibility index (Phi) is 5.26. The van der Waals surface area contributed by atoms with Crippen LogP contribution in [0.2, 0.25) is 0 Å². The van der Waals surface area contributed by atoms with Gasteiger partial charge in [-0.05, 0) is 26.1 Å². The van der Waals surface area contributed by atoms with Crippen LogP contribution in [0.1, 0.15) is 18.5 Å². The number of ether oxygens (including phenoxy) is 2. The van der Waals surface area contributed by atoms with Crippen molar-refractivity contribution >= 4 is 5.97 Å². The maximum absolute atomic E-state index is 11.9. The molecule has 2 atom stereocenters. The van der Waals surface area contributed by atoms with Gasteiger partial charge < -0.3 is 19.5 Å². The Hall–Kier alpha value is -1.79. The number of hydrogen-bond acceptors (Lipinski definition) is 5. The highest BCUT2D eigenvalue weighted by atomic mass is 16.5. The standard InChI is InChI=1S/C16H24N2O4/c1-11-10-17(2)7-8-18(11)15(16(19)20)13-6-5-12(21-3)9-14(13)22-4/h5-6,9,11,15H,7-8,10H2,1-4H3,(H,19,20). The SMILES string of the molecule is COc1ccc(C(C(=O)O)N2CCN(C)CC2C)c(OC)c1. The van der Waals surface area contributed by atoms with E-state index in [1.165, 1.54) is 0 Å². The Balaban J connectivity index is 2.38. The number of piperazine rings is 1. The molecule has 1 heterocycles. The van der Waals surface area contributed by atoms with Crippen LogP contribution in [0.15, 0.2) is 18.2 Å². The highest BCUT2D eigenvalue weighted by Crippen LogP contribution is 2.34. The molecule has 6 heteroatoms. The summed E-state index contributed by atoms with van der Waals surface area (Å²) in [5.74, 6) is 0.328. The quantitative estimate of drug-likeness (QED) is 0.889. The molecule has 2 rings (SSSR count). The lowest BCUT2D eigenvalue weighted by Gasteiger charge is -2.41. The van der Waals surface area contributed by atoms with Crippen molar-refractivity contribution in [3.05, 3.63) is 23.8 Å². The Morgan fingerprint density at radius 2 is 2.05 bits per heavy atom. The minimum Gasteiger partial charge on any atom is -0.497 e. The van der Waals surface area contributed by atoms with Crippen molar-refractivity contribution in [3.63, 3.8) is 0 Å². The van der Waals surface area contributed by atoms with Crippen molar-refractivity contribution < 1.29 is 19.4 Å². The molecule has 1 aliphatic heterocycles. The predicted octanol–water partition coefficient (Wildman–Crippen LogP) is 1.47. The normalized spacial score (nSPS) is 21.4. The van der Waals surface area contributed by atoms with Crippen LogP contribution in [0, 0.1) is 0 Å². The van der Waals surface area contributed by atoms with Crippen LogP contribution in [0.3, 0.4) is 0 Å². The molecule has 0 bridgehead atoms. The van der Waals surface area contributed by atoms with Gasteiger partial charge in [0.25, 0.3) is 0 Å². The Labute approximate surface area is 131 Å². The van der Waals surface area contributed by atoms with Gasteiger partial charge in [-0.3, -0.25) is 9.69 Å². The molecular weight excluding hydrogens is 284 g/mol. The smallest absolute Gasteiger partial charge is 0.325 e. The van der Waals surface area contributed by atoms with Crippen LogP contribution in [0.4, 0.5) is 0 Å². The second kappa shape index (κ2) is 6.98. The number of hydrogen-bond donors (Lipinski definition) is 1. The monoisotopic (exact) mass is 308 g/mol. The maximum atomic E-state index is 11.9. The highest BCUT2D eigenvalue weighted by Gasteiger charge is 2.35. The summed E-state index contributed by atoms with van der Waals surface area (Å²) in [6.07, 6.45) is 0. The fraction of sp³-hybridized carbons (Fsp3) is 0.562. The second-order valence-corrected chi connectivity index (χ2v) is 5.70. The van der Waals surface area contributed by atoms with Crippen molar-refractivity contribution in [2.24, 2.45) is 0 Å². The summed E-state index contributed by atoms with van der Waals surface area (Å²) in [5, 5.41) is 9.77. The third-order valence-electron chi connectivity index (χ3n) is 4.18. The number of carbonyl (C=O) groups is 1. The number of likely N-dealkylation sites (N-methyl/N-ethyl adjacent to an activating group) is 1. The lowest BCUT2D eigenvalue weighted by Crippen LogP contribution is -2.53. The van der Waals surface area contributed by atoms with Crippen LogP contribution in [0.5, 0.6) is 11.5 Å². The van der Waals surface area contributed by atoms with Gasteiger partial charge in [0, 0.05) is 37.3 Å². The second-order valence-electron chi connectivity index (χ2n) is 5.70. The molecule has 122 valence electrons. The number of aliphatic carboxylic acids is 1. The summed E-state index contributed by atoms with van der Waals surface area (Å²) in [7, 11) is 5.17. The number of carboxylic acids is 1. The Morgan fingerprint density at radius 1 is 1.32 bits per heavy atom. The Bertz CT molecular complexity index is 535. The van der Waals surface area contributed by atoms with E-state index in [-0.39, 0.29) is 6.04 Å². The van der Waals surface area contributed by atoms with Gasteiger partial charge in [0.2, 0.25) is 0 Å². The molecule has 1 saturated heterocycles. The van der Waals surface area contributed by atoms with Gasteiger partial charge in [-0.1, -0.05) is 0 Å². The average Bonchev–Trinajstić information content (AvgIpc) is 2.49. The van der Waals surface area contributed by atoms with Crippen LogP contribution in [0.25, 0.3) is 0 Å². The highest BCUT2D eigenvalue weighted by molar-refractivity contribution is 5.77. The number of carboxylic acid groups (broad SMARTS) is 1. The van der Waals surface area contributed by atoms with E-state index < -0.39 is 12.0 Å². The molecule has 0 saturated carbocycles. The van der Waals surface area contributed by atoms with Crippen LogP contribution in [-0.2, 0) is 4.79 Å². The van der Waals surface area contributed by atoms with Crippen molar-refractivity contribution in [1.29, 1.82) is 0 Å². The molecule has 0 aliphatic carbocycles. The first-order valence-corrected chi connectivity index (χ1v) is 7.37. The van der Waals surface area contributed by atoms with E-state index in [2.05, 4.69) is 18.9 Å². The molecule has 0 amide bonds. The maximum Gasteiger partial charge on any atom is 0.325 e. The van der Waals surface area contributed by atoms with Crippen molar-refractivity contribution in [3.8, 4) is 11.5 Å². The van der Waals surface area contributed by atoms with E-state index in [1.54, 1.807) is 32.4 Å². The van der Waals surface area contributed by atoms with Crippen molar-refractivity contribution in [2.75, 3.05) is 40.9 Å². The van der Waals surface area contributed by atoms with E-state index in [1.807, 2.05) is 4.90 Å². The van der Waals surface area contributed by atoms with Gasteiger partial charge in [0.15, 0.2) is 0 Å². The lowest BCUT2D eigenvalue weighted by atomic mass is 10.0. The molecule has 1 aromatic carbocycles. The summed E-state index contributed by atoms with van der Waals surface area (Å²) >= 11 is 0. The first-order chi connectivity index (χ1) is 10.5. The summed E-state index contributed by atoms with van der Waals surface area (Å²) < 4.78 is 10.6. The molecule has 2 unspecified atom stereocenters. The van der Waals surface area contributed by atoms with E-state index in [4.69, 9.17) is 9.47 Å². The minimum absolute atomic E-state index is 0.159. The van der Waals surface area contributed by atoms with Crippen LogP contribution >= 0.6 is 0 Å². The average molecular weight is 308 g/mol. The first kappa shape index (κ1) is 16.6. The van der Waals surface area contributed by atoms with Crippen molar-refractivity contribution in [1.82, 2.24) is 9.80 Å². The van der Waals surface area contributed by atoms with Crippen molar-refractivity contribution in [2.45, 2.75) is 19.0 Å². The van der Waals surface area contributed by atoms with Crippen LogP contribution in [-0.4, -0.2) is 67.8 Å². The zero-order valence-electron chi connectivity index (χ0n) is 13.6. The van der Waals surface area contributed by atoms with Crippen LogP contribution < -0.4 is 9.47 Å². The summed E-state index contributed by atoms with van der Waals surface area (Å²) in [6, 6.07) is 4.72. The lowest BCUT2D eigenvalue weighted by molar-refractivity contribution is -0.145. The molecule has 1 N–H and O–H groups in total. The number of rotatable bonds is 5. The minimum atomic E-state index is -0.861. The summed E-state index contributed by atoms with van der Waals surface area (Å²) in [5.41, 5.74) is 0.659. The van der Waals surface area contributed by atoms with Gasteiger partial charge >= 0.3 is 5.97 Å². The number of nitrogens with zero attached hydrogens (tertiary/aromatic N) is 2. The van der Waals surface area contributed by atoms with E-state index >= 15 is 0 Å². The molecule has 0 spiro atoms. The summed E-state index contributed by atoms with van der Waals surface area (Å²) in [4.78, 5) is 16.1. The fourth-order valence-electron chi connectivity index (χ4n) is 3.04. The van der Waals surface area contributed by atoms with Gasteiger partial charge in [-0.15, -0.1) is 0 Å². The van der Waals surface area contributed by atoms with E-state index in [0.29, 0.717) is 23.6 Å². The van der Waals surface area contributed by atoms with E-state index in [9.17, 15) is 9.90 Å². The zero-order chi connectivity index (χ0) is 16.3. The molecule has 6 nitrogen and oxygen atoms in total. The van der Waals surface area contributed by atoms with E-state index in [0.717, 1.165) is 13.1 Å². The van der Waals surface area contributed by atoms with Gasteiger partial charge in [0.1, 0.15) is 17.5 Å². The largest absolute Gasteiger partial charge is 0.497 e. The van der Waals surface area contributed by atoms with Gasteiger partial charge in [0.05, 0.1) is 14.2 Å². The Morgan fingerprint density at radius 3 is 2.59 bits per heavy atom. The third-order valence-corrected chi connectivity index (χ3v) is 4.18. The molecule has 1 aromatic rings. The van der Waals surface area contributed by atoms with Gasteiger partial charge in [-0.25, -0.2) is 0 Å². The number of benzene rings is 1. The predicted molar refractivity (Wildman–Crippen MR) is 83.6 cm³/mol. The van der Waals surface area contributed by atoms with Gasteiger partial charge in [-0.2, -0.15) is 0 Å². The molecule has 0 aromatic heterocycles. The number of methoxy groups -OCH3 is 2.